The molecule has 27 heteroatoms. The lowest BCUT2D eigenvalue weighted by Crippen LogP contribution is -2.54. The lowest BCUT2D eigenvalue weighted by Gasteiger charge is -2.45. The highest BCUT2D eigenvalue weighted by atomic mass is 16.5. The summed E-state index contributed by atoms with van der Waals surface area (Å²) < 4.78 is 17.7. The summed E-state index contributed by atoms with van der Waals surface area (Å²) in [6.45, 7) is 51.4. The van der Waals surface area contributed by atoms with Crippen LogP contribution < -0.4 is 19.6 Å². The van der Waals surface area contributed by atoms with Gasteiger partial charge >= 0.3 is 0 Å². The molecule has 0 bridgehead atoms. The summed E-state index contributed by atoms with van der Waals surface area (Å²) in [6, 6.07) is 30.4. The Bertz CT molecular complexity index is 4640. The first-order valence-corrected chi connectivity index (χ1v) is 55.1. The zero-order valence-electron chi connectivity index (χ0n) is 98.5. The molecule has 14 rings (SSSR count). The van der Waals surface area contributed by atoms with Crippen molar-refractivity contribution in [3.8, 4) is 0 Å². The fourth-order valence-electron chi connectivity index (χ4n) is 21.2. The van der Waals surface area contributed by atoms with Gasteiger partial charge in [0.25, 0.3) is 0 Å². The number of likely N-dealkylation sites (N-methyl/N-ethyl adjacent to an activating group) is 3. The maximum Gasteiger partial charge on any atom is 0.222 e. The van der Waals surface area contributed by atoms with Crippen molar-refractivity contribution in [2.45, 2.75) is 302 Å². The predicted molar refractivity (Wildman–Crippen MR) is 611 cm³/mol. The maximum absolute atomic E-state index is 12.0. The minimum Gasteiger partial charge on any atom is -0.375 e. The van der Waals surface area contributed by atoms with Gasteiger partial charge in [0.1, 0.15) is 0 Å². The number of rotatable bonds is 31. The largest absolute Gasteiger partial charge is 0.375 e. The quantitative estimate of drug-likeness (QED) is 0.0395. The van der Waals surface area contributed by atoms with Crippen molar-refractivity contribution in [1.82, 2.24) is 83.9 Å². The monoisotopic (exact) mass is 2030 g/mol. The number of anilines is 4. The van der Waals surface area contributed by atoms with E-state index in [1.165, 1.54) is 58.0 Å². The third kappa shape index (κ3) is 37.4. The molecule has 7 atom stereocenters. The van der Waals surface area contributed by atoms with Gasteiger partial charge in [-0.15, -0.1) is 0 Å². The van der Waals surface area contributed by atoms with Gasteiger partial charge in [0, 0.05) is 218 Å². The molecule has 0 radical (unpaired) electrons. The number of piperidine rings is 7. The van der Waals surface area contributed by atoms with Crippen molar-refractivity contribution < 1.29 is 28.6 Å². The molecule has 7 aromatic heterocycles. The Balaban J connectivity index is 0.000000209. The van der Waals surface area contributed by atoms with Gasteiger partial charge in [-0.1, -0.05) is 115 Å². The third-order valence-electron chi connectivity index (χ3n) is 30.8. The molecular formula is C120H199N21O6. The van der Waals surface area contributed by atoms with Crippen LogP contribution in [0.4, 0.5) is 22.7 Å². The molecule has 7 aromatic rings. The number of carbonyl (C=O) groups is 3. The fourth-order valence-corrected chi connectivity index (χ4v) is 21.2. The number of hydrogen-bond acceptors (Lipinski definition) is 24. The Labute approximate surface area is 891 Å². The van der Waals surface area contributed by atoms with Crippen molar-refractivity contribution in [3.05, 3.63) is 183 Å². The molecular weight excluding hydrogens is 1830 g/mol. The van der Waals surface area contributed by atoms with Gasteiger partial charge in [-0.05, 0) is 332 Å². The van der Waals surface area contributed by atoms with Gasteiger partial charge in [-0.3, -0.25) is 49.3 Å². The second-order valence-corrected chi connectivity index (χ2v) is 47.7. The highest BCUT2D eigenvalue weighted by molar-refractivity contribution is 5.79. The maximum atomic E-state index is 12.0. The molecule has 0 N–H and O–H groups in total. The summed E-state index contributed by atoms with van der Waals surface area (Å²) in [4.78, 5) is 99.6. The summed E-state index contributed by atoms with van der Waals surface area (Å²) in [7, 11) is 40.6. The van der Waals surface area contributed by atoms with E-state index in [9.17, 15) is 14.4 Å². The molecule has 0 aliphatic carbocycles. The average Bonchev–Trinajstić information content (AvgIpc) is 0.861. The number of likely N-dealkylation sites (tertiary alicyclic amines) is 3. The van der Waals surface area contributed by atoms with Crippen LogP contribution in [0, 0.1) is 5.92 Å². The number of hydrogen-bond donors (Lipinski definition) is 0. The zero-order valence-corrected chi connectivity index (χ0v) is 98.5. The van der Waals surface area contributed by atoms with Crippen LogP contribution in [-0.2, 0) is 48.2 Å². The van der Waals surface area contributed by atoms with Crippen molar-refractivity contribution in [2.24, 2.45) is 5.92 Å². The van der Waals surface area contributed by atoms with Gasteiger partial charge in [0.2, 0.25) is 17.7 Å². The minimum absolute atomic E-state index is 0.0710. The summed E-state index contributed by atoms with van der Waals surface area (Å²) in [6.07, 6.45) is 22.5. The van der Waals surface area contributed by atoms with Gasteiger partial charge in [0.05, 0.1) is 81.4 Å². The number of pyridine rings is 7. The lowest BCUT2D eigenvalue weighted by atomic mass is 9.80. The zero-order chi connectivity index (χ0) is 109. The van der Waals surface area contributed by atoms with Crippen molar-refractivity contribution in [2.75, 3.05) is 252 Å². The molecule has 147 heavy (non-hydrogen) atoms. The Hall–Kier alpha value is -8.74. The number of amides is 3. The second-order valence-electron chi connectivity index (χ2n) is 47.7. The normalized spacial score (nSPS) is 21.2. The van der Waals surface area contributed by atoms with Crippen molar-refractivity contribution >= 4 is 40.5 Å². The van der Waals surface area contributed by atoms with Crippen LogP contribution in [0.25, 0.3) is 0 Å². The van der Waals surface area contributed by atoms with E-state index in [1.54, 1.807) is 0 Å². The van der Waals surface area contributed by atoms with Crippen LogP contribution in [0.5, 0.6) is 0 Å². The smallest absolute Gasteiger partial charge is 0.222 e. The van der Waals surface area contributed by atoms with Gasteiger partial charge in [0.15, 0.2) is 0 Å². The van der Waals surface area contributed by atoms with Gasteiger partial charge < -0.3 is 82.8 Å². The first-order valence-electron chi connectivity index (χ1n) is 55.1. The Morgan fingerprint density at radius 1 is 0.327 bits per heavy atom. The molecule has 3 amide bonds. The molecule has 7 aliphatic rings. The van der Waals surface area contributed by atoms with Gasteiger partial charge in [-0.25, -0.2) is 0 Å². The molecule has 0 spiro atoms. The predicted octanol–water partition coefficient (Wildman–Crippen LogP) is 19.8. The number of nitrogens with zero attached hydrogens (tertiary/aromatic N) is 21. The number of ether oxygens (including phenoxy) is 3. The molecule has 0 aromatic carbocycles. The van der Waals surface area contributed by atoms with Gasteiger partial charge in [-0.2, -0.15) is 0 Å². The number of methoxy groups -OCH3 is 3. The number of aromatic nitrogens is 7. The standard InChI is InChI=1S/C18H31N3.3C17H29N3O.3C17H27N3O/c1-14(2)17-10-9-16(12-19-17)21-11-7-8-15(13-21)18(3,4)20(5)6;3*1-14(2)16-8-7-15(11-18-16)20-10-6-9-17(13-20,21-5)12-19(3)4;3*1-12(2)15-7-6-14(16(18-15)11-19(3)4)13-8-9-20(5)17(21)10-13/h9-10,12,14-15H,7-8,11,13H2,1-6H3;3*7-8,11,14H,6,9-10,12-13H2,1-5H3;3*6-7,12-13H,8-11H2,1-5H3/t;2*17-;;2*13-;/m.10.10./s1. The topological polar surface area (TPSA) is 214 Å². The minimum atomic E-state index is -0.0710. The van der Waals surface area contributed by atoms with E-state index in [2.05, 4.69) is 374 Å². The molecule has 820 valence electrons. The summed E-state index contributed by atoms with van der Waals surface area (Å²) in [5.74, 6) is 5.61. The summed E-state index contributed by atoms with van der Waals surface area (Å²) in [5.41, 5.74) is 20.1. The van der Waals surface area contributed by atoms with Crippen LogP contribution in [0.1, 0.15) is 333 Å². The lowest BCUT2D eigenvalue weighted by molar-refractivity contribution is -0.133. The van der Waals surface area contributed by atoms with Crippen molar-refractivity contribution in [3.63, 3.8) is 0 Å². The highest BCUT2D eigenvalue weighted by Gasteiger charge is 2.42. The third-order valence-corrected chi connectivity index (χ3v) is 30.8. The molecule has 3 unspecified atom stereocenters. The van der Waals surface area contributed by atoms with Crippen LogP contribution in [0.2, 0.25) is 0 Å². The molecule has 27 nitrogen and oxygen atoms in total. The molecule has 7 saturated heterocycles. The molecule has 7 aliphatic heterocycles. The number of carbonyl (C=O) groups excluding carboxylic acids is 3. The van der Waals surface area contributed by atoms with E-state index in [0.29, 0.717) is 84.4 Å². The molecule has 0 saturated carbocycles. The average molecular weight is 2030 g/mol. The summed E-state index contributed by atoms with van der Waals surface area (Å²) >= 11 is 0. The van der Waals surface area contributed by atoms with Crippen molar-refractivity contribution in [1.29, 1.82) is 0 Å². The van der Waals surface area contributed by atoms with E-state index >= 15 is 0 Å². The van der Waals surface area contributed by atoms with E-state index in [1.807, 2.05) is 75.8 Å². The SMILES string of the molecule is CC(C)c1ccc(C2CCN(C)C(=O)C2)c(CN(C)C)n1.CC(C)c1ccc(N2CCCC(C(C)(C)N(C)C)C2)cn1.CC(C)c1ccc([C@@H]2CCN(C)C(=O)C2)c(CN(C)C)n1.CC(C)c1ccc([C@H]2CCN(C)C(=O)C2)c(CN(C)C)n1.COC1(CN(C)C)CCCN(c2ccc(C(C)C)nc2)C1.CO[C@@]1(CN(C)C)CCCN(c2ccc(C(C)C)nc2)C1.CO[C@]1(CN(C)C)CCCN(c2ccc(C(C)C)nc2)C1. The molecule has 7 fully saturated rings. The first-order chi connectivity index (χ1) is 69.3. The second kappa shape index (κ2) is 58.2. The van der Waals surface area contributed by atoms with E-state index < -0.39 is 0 Å². The Morgan fingerprint density at radius 2 is 0.571 bits per heavy atom. The highest BCUT2D eigenvalue weighted by Crippen LogP contribution is 2.40. The van der Waals surface area contributed by atoms with Crippen LogP contribution in [-0.4, -0.2) is 357 Å². The fraction of sp³-hybridized carbons (Fsp3) is 0.683. The van der Waals surface area contributed by atoms with E-state index in [4.69, 9.17) is 29.2 Å². The van der Waals surface area contributed by atoms with Crippen LogP contribution in [0.15, 0.2) is 110 Å². The Morgan fingerprint density at radius 3 is 0.782 bits per heavy atom. The van der Waals surface area contributed by atoms with E-state index in [-0.39, 0.29) is 40.1 Å². The van der Waals surface area contributed by atoms with Crippen LogP contribution in [0.3, 0.4) is 0 Å². The van der Waals surface area contributed by atoms with E-state index in [0.717, 1.165) is 220 Å². The van der Waals surface area contributed by atoms with Crippen LogP contribution >= 0.6 is 0 Å². The Kier molecular flexibility index (Phi) is 48.9. The molecule has 14 heterocycles. The first kappa shape index (κ1) is 123. The summed E-state index contributed by atoms with van der Waals surface area (Å²) in [5, 5.41) is 0.